The molecule has 0 saturated carbocycles. The van der Waals surface area contributed by atoms with Gasteiger partial charge in [0.25, 0.3) is 5.91 Å². The number of amides is 1. The van der Waals surface area contributed by atoms with Crippen LogP contribution in [-0.4, -0.2) is 67.4 Å². The van der Waals surface area contributed by atoms with Crippen LogP contribution < -0.4 is 0 Å². The van der Waals surface area contributed by atoms with Gasteiger partial charge in [-0.05, 0) is 12.1 Å². The van der Waals surface area contributed by atoms with Crippen LogP contribution in [0.1, 0.15) is 20.8 Å². The predicted molar refractivity (Wildman–Crippen MR) is 70.9 cm³/mol. The number of nitrogens with zero attached hydrogens (tertiary/aromatic N) is 2. The number of methoxy groups -OCH3 is 2. The lowest BCUT2D eigenvalue weighted by molar-refractivity contribution is 0.0619. The van der Waals surface area contributed by atoms with Crippen molar-refractivity contribution < 1.29 is 24.2 Å². The zero-order chi connectivity index (χ0) is 15.0. The molecule has 0 fully saturated rings. The summed E-state index contributed by atoms with van der Waals surface area (Å²) in [5, 5.41) is 8.79. The third kappa shape index (κ3) is 4.60. The highest BCUT2D eigenvalue weighted by molar-refractivity contribution is 5.93. The van der Waals surface area contributed by atoms with Gasteiger partial charge in [-0.25, -0.2) is 4.79 Å². The van der Waals surface area contributed by atoms with Crippen LogP contribution in [0.25, 0.3) is 0 Å². The maximum Gasteiger partial charge on any atom is 0.337 e. The Labute approximate surface area is 117 Å². The molecule has 0 aliphatic heterocycles. The van der Waals surface area contributed by atoms with E-state index in [0.29, 0.717) is 26.3 Å². The molecule has 0 radical (unpaired) electrons. The van der Waals surface area contributed by atoms with Gasteiger partial charge in [-0.3, -0.25) is 9.78 Å². The number of pyridine rings is 1. The van der Waals surface area contributed by atoms with Crippen molar-refractivity contribution >= 4 is 11.9 Å². The van der Waals surface area contributed by atoms with Gasteiger partial charge >= 0.3 is 5.97 Å². The van der Waals surface area contributed by atoms with E-state index in [4.69, 9.17) is 14.6 Å². The number of carbonyl (C=O) groups is 2. The average Bonchev–Trinajstić information content (AvgIpc) is 2.47. The van der Waals surface area contributed by atoms with Crippen molar-refractivity contribution in [2.24, 2.45) is 0 Å². The van der Waals surface area contributed by atoms with Crippen LogP contribution >= 0.6 is 0 Å². The molecule has 7 nitrogen and oxygen atoms in total. The maximum absolute atomic E-state index is 12.2. The lowest BCUT2D eigenvalue weighted by atomic mass is 10.2. The number of rotatable bonds is 8. The minimum absolute atomic E-state index is 0.0434. The van der Waals surface area contributed by atoms with Gasteiger partial charge in [-0.2, -0.15) is 0 Å². The predicted octanol–water partition coefficient (Wildman–Crippen LogP) is 0.515. The Hall–Kier alpha value is -1.99. The van der Waals surface area contributed by atoms with Gasteiger partial charge in [-0.15, -0.1) is 0 Å². The van der Waals surface area contributed by atoms with Crippen LogP contribution in [-0.2, 0) is 9.47 Å². The van der Waals surface area contributed by atoms with Crippen molar-refractivity contribution in [1.29, 1.82) is 0 Å². The van der Waals surface area contributed by atoms with E-state index in [9.17, 15) is 9.59 Å². The smallest absolute Gasteiger partial charge is 0.337 e. The Morgan fingerprint density at radius 1 is 1.20 bits per heavy atom. The molecule has 110 valence electrons. The Bertz CT molecular complexity index is 439. The van der Waals surface area contributed by atoms with E-state index in [1.54, 1.807) is 19.1 Å². The fraction of sp³-hybridized carbons (Fsp3) is 0.462. The molecule has 0 spiro atoms. The quantitative estimate of drug-likeness (QED) is 0.747. The lowest BCUT2D eigenvalue weighted by Gasteiger charge is -2.21. The molecule has 0 aromatic carbocycles. The van der Waals surface area contributed by atoms with Gasteiger partial charge in [0, 0.05) is 33.5 Å². The monoisotopic (exact) mass is 282 g/mol. The van der Waals surface area contributed by atoms with E-state index in [0.717, 1.165) is 0 Å². The molecule has 1 heterocycles. The number of carboxylic acid groups (broad SMARTS) is 1. The molecule has 1 amide bonds. The van der Waals surface area contributed by atoms with Crippen molar-refractivity contribution in [1.82, 2.24) is 9.88 Å². The van der Waals surface area contributed by atoms with E-state index >= 15 is 0 Å². The van der Waals surface area contributed by atoms with Crippen LogP contribution in [0.4, 0.5) is 0 Å². The van der Waals surface area contributed by atoms with Gasteiger partial charge in [0.1, 0.15) is 5.69 Å². The van der Waals surface area contributed by atoms with Crippen LogP contribution in [0.5, 0.6) is 0 Å². The third-order valence-electron chi connectivity index (χ3n) is 2.65. The molecule has 0 aliphatic carbocycles. The maximum atomic E-state index is 12.2. The molecule has 1 aromatic heterocycles. The molecule has 1 N–H and O–H groups in total. The Kier molecular flexibility index (Phi) is 6.61. The molecule has 20 heavy (non-hydrogen) atoms. The van der Waals surface area contributed by atoms with Gasteiger partial charge in [-0.1, -0.05) is 0 Å². The fourth-order valence-corrected chi connectivity index (χ4v) is 1.53. The second kappa shape index (κ2) is 8.23. The molecule has 0 aliphatic rings. The number of hydrogen-bond acceptors (Lipinski definition) is 5. The number of hydrogen-bond donors (Lipinski definition) is 1. The highest BCUT2D eigenvalue weighted by Gasteiger charge is 2.17. The topological polar surface area (TPSA) is 89.0 Å². The first kappa shape index (κ1) is 16.1. The van der Waals surface area contributed by atoms with Crippen molar-refractivity contribution in [3.63, 3.8) is 0 Å². The fourth-order valence-electron chi connectivity index (χ4n) is 1.53. The lowest BCUT2D eigenvalue weighted by Crippen LogP contribution is -2.37. The van der Waals surface area contributed by atoms with Crippen LogP contribution in [0.3, 0.4) is 0 Å². The molecular weight excluding hydrogens is 264 g/mol. The summed E-state index contributed by atoms with van der Waals surface area (Å²) in [4.78, 5) is 28.4. The highest BCUT2D eigenvalue weighted by atomic mass is 16.5. The minimum atomic E-state index is -1.08. The zero-order valence-electron chi connectivity index (χ0n) is 11.5. The molecule has 0 bridgehead atoms. The average molecular weight is 282 g/mol. The van der Waals surface area contributed by atoms with Crippen molar-refractivity contribution in [2.75, 3.05) is 40.5 Å². The largest absolute Gasteiger partial charge is 0.478 e. The molecule has 1 aromatic rings. The number of ether oxygens (including phenoxy) is 2. The summed E-state index contributed by atoms with van der Waals surface area (Å²) < 4.78 is 9.91. The van der Waals surface area contributed by atoms with Gasteiger partial charge in [0.2, 0.25) is 0 Å². The minimum Gasteiger partial charge on any atom is -0.478 e. The summed E-state index contributed by atoms with van der Waals surface area (Å²) in [6, 6.07) is 2.76. The molecular formula is C13H18N2O5. The second-order valence-electron chi connectivity index (χ2n) is 4.02. The number of carboxylic acids is 1. The number of aromatic carboxylic acids is 1. The summed E-state index contributed by atoms with van der Waals surface area (Å²) in [6.07, 6.45) is 1.17. The van der Waals surface area contributed by atoms with Gasteiger partial charge < -0.3 is 19.5 Å². The van der Waals surface area contributed by atoms with Crippen LogP contribution in [0.2, 0.25) is 0 Å². The van der Waals surface area contributed by atoms with Crippen LogP contribution in [0.15, 0.2) is 18.3 Å². The summed E-state index contributed by atoms with van der Waals surface area (Å²) in [7, 11) is 3.11. The first-order valence-electron chi connectivity index (χ1n) is 6.06. The molecule has 0 unspecified atom stereocenters. The van der Waals surface area contributed by atoms with E-state index in [-0.39, 0.29) is 17.2 Å². The van der Waals surface area contributed by atoms with Crippen molar-refractivity contribution in [2.45, 2.75) is 0 Å². The van der Waals surface area contributed by atoms with E-state index in [1.807, 2.05) is 0 Å². The highest BCUT2D eigenvalue weighted by Crippen LogP contribution is 2.05. The second-order valence-corrected chi connectivity index (χ2v) is 4.02. The van der Waals surface area contributed by atoms with Gasteiger partial charge in [0.05, 0.1) is 18.8 Å². The Balaban J connectivity index is 2.78. The van der Waals surface area contributed by atoms with Crippen molar-refractivity contribution in [3.8, 4) is 0 Å². The first-order valence-corrected chi connectivity index (χ1v) is 6.06. The molecule has 0 atom stereocenters. The summed E-state index contributed by atoms with van der Waals surface area (Å²) in [6.45, 7) is 1.65. The zero-order valence-corrected chi connectivity index (χ0v) is 11.5. The number of aromatic nitrogens is 1. The molecule has 0 saturated heterocycles. The van der Waals surface area contributed by atoms with E-state index in [2.05, 4.69) is 4.98 Å². The van der Waals surface area contributed by atoms with Gasteiger partial charge in [0.15, 0.2) is 0 Å². The third-order valence-corrected chi connectivity index (χ3v) is 2.65. The Morgan fingerprint density at radius 2 is 1.80 bits per heavy atom. The molecule has 1 rings (SSSR count). The number of carbonyl (C=O) groups excluding carboxylic acids is 1. The Morgan fingerprint density at radius 3 is 2.20 bits per heavy atom. The van der Waals surface area contributed by atoms with E-state index < -0.39 is 5.97 Å². The summed E-state index contributed by atoms with van der Waals surface area (Å²) >= 11 is 0. The van der Waals surface area contributed by atoms with Crippen LogP contribution in [0, 0.1) is 0 Å². The summed E-state index contributed by atoms with van der Waals surface area (Å²) in [5.74, 6) is -1.36. The normalized spacial score (nSPS) is 10.3. The molecule has 7 heteroatoms. The standard InChI is InChI=1S/C13H18N2O5/c1-19-7-5-15(6-8-20-2)12(16)11-4-3-10(9-14-11)13(17)18/h3-4,9H,5-8H2,1-2H3,(H,17,18). The summed E-state index contributed by atoms with van der Waals surface area (Å²) in [5.41, 5.74) is 0.240. The van der Waals surface area contributed by atoms with Crippen molar-refractivity contribution in [3.05, 3.63) is 29.6 Å². The van der Waals surface area contributed by atoms with E-state index in [1.165, 1.54) is 18.3 Å². The SMILES string of the molecule is COCCN(CCOC)C(=O)c1ccc(C(=O)O)cn1. The first-order chi connectivity index (χ1) is 9.60.